The monoisotopic (exact) mass is 433 g/mol. The van der Waals surface area contributed by atoms with Crippen molar-refractivity contribution in [1.29, 1.82) is 0 Å². The van der Waals surface area contributed by atoms with Gasteiger partial charge in [0.25, 0.3) is 5.56 Å². The summed E-state index contributed by atoms with van der Waals surface area (Å²) in [6.45, 7) is 4.35. The quantitative estimate of drug-likeness (QED) is 0.660. The Labute approximate surface area is 187 Å². The van der Waals surface area contributed by atoms with E-state index in [9.17, 15) is 9.18 Å². The Balaban J connectivity index is 1.30. The molecule has 0 spiro atoms. The molecule has 7 heteroatoms. The van der Waals surface area contributed by atoms with Gasteiger partial charge in [-0.25, -0.2) is 9.37 Å². The predicted octanol–water partition coefficient (Wildman–Crippen LogP) is 3.95. The molecular weight excluding hydrogens is 405 g/mol. The van der Waals surface area contributed by atoms with Crippen LogP contribution in [0.3, 0.4) is 0 Å². The van der Waals surface area contributed by atoms with Gasteiger partial charge in [0.2, 0.25) is 0 Å². The van der Waals surface area contributed by atoms with Gasteiger partial charge < -0.3 is 9.88 Å². The van der Waals surface area contributed by atoms with Crippen LogP contribution in [0.5, 0.6) is 0 Å². The van der Waals surface area contributed by atoms with Gasteiger partial charge >= 0.3 is 0 Å². The number of hydrogen-bond donors (Lipinski definition) is 1. The van der Waals surface area contributed by atoms with E-state index < -0.39 is 0 Å². The molecule has 5 rings (SSSR count). The lowest BCUT2D eigenvalue weighted by atomic mass is 9.94. The highest BCUT2D eigenvalue weighted by atomic mass is 19.1. The van der Waals surface area contributed by atoms with Crippen LogP contribution in [0.15, 0.2) is 53.6 Å². The Morgan fingerprint density at radius 1 is 1.09 bits per heavy atom. The lowest BCUT2D eigenvalue weighted by Gasteiger charge is -2.32. The summed E-state index contributed by atoms with van der Waals surface area (Å²) < 4.78 is 14.7. The van der Waals surface area contributed by atoms with Crippen LogP contribution in [-0.2, 0) is 6.54 Å². The van der Waals surface area contributed by atoms with E-state index in [0.717, 1.165) is 74.4 Å². The lowest BCUT2D eigenvalue weighted by molar-refractivity contribution is 0.198. The van der Waals surface area contributed by atoms with Crippen molar-refractivity contribution in [3.8, 4) is 11.4 Å². The summed E-state index contributed by atoms with van der Waals surface area (Å²) in [7, 11) is 0. The van der Waals surface area contributed by atoms with Crippen molar-refractivity contribution in [2.75, 3.05) is 31.1 Å². The molecule has 166 valence electrons. The largest absolute Gasteiger partial charge is 0.369 e. The van der Waals surface area contributed by atoms with Crippen molar-refractivity contribution < 1.29 is 4.39 Å². The minimum atomic E-state index is -0.148. The first kappa shape index (κ1) is 20.8. The highest BCUT2D eigenvalue weighted by Gasteiger charge is 2.24. The molecule has 2 aliphatic heterocycles. The molecule has 0 radical (unpaired) electrons. The second-order valence-electron chi connectivity index (χ2n) is 8.81. The van der Waals surface area contributed by atoms with E-state index >= 15 is 0 Å². The smallest absolute Gasteiger partial charge is 0.251 e. The Morgan fingerprint density at radius 2 is 1.97 bits per heavy atom. The molecule has 2 saturated heterocycles. The van der Waals surface area contributed by atoms with Gasteiger partial charge in [0, 0.05) is 56.1 Å². The number of benzene rings is 1. The number of hydrogen-bond acceptors (Lipinski definition) is 5. The molecule has 0 saturated carbocycles. The fourth-order valence-electron chi connectivity index (χ4n) is 4.89. The maximum atomic E-state index is 14.7. The summed E-state index contributed by atoms with van der Waals surface area (Å²) in [5, 5.41) is 0. The van der Waals surface area contributed by atoms with Crippen LogP contribution in [0, 0.1) is 5.82 Å². The van der Waals surface area contributed by atoms with E-state index in [2.05, 4.69) is 19.8 Å². The van der Waals surface area contributed by atoms with Crippen LogP contribution >= 0.6 is 0 Å². The van der Waals surface area contributed by atoms with Crippen molar-refractivity contribution in [1.82, 2.24) is 19.9 Å². The predicted molar refractivity (Wildman–Crippen MR) is 123 cm³/mol. The molecule has 1 atom stereocenters. The molecule has 2 fully saturated rings. The van der Waals surface area contributed by atoms with E-state index in [0.29, 0.717) is 12.4 Å². The maximum Gasteiger partial charge on any atom is 0.251 e. The van der Waals surface area contributed by atoms with E-state index in [4.69, 9.17) is 4.98 Å². The second kappa shape index (κ2) is 9.20. The van der Waals surface area contributed by atoms with Crippen LogP contribution in [-0.4, -0.2) is 46.0 Å². The average molecular weight is 434 g/mol. The molecule has 3 aromatic rings. The Hall–Kier alpha value is -3.06. The number of aromatic nitrogens is 3. The van der Waals surface area contributed by atoms with E-state index in [-0.39, 0.29) is 17.3 Å². The van der Waals surface area contributed by atoms with Gasteiger partial charge in [-0.1, -0.05) is 6.07 Å². The minimum Gasteiger partial charge on any atom is -0.369 e. The molecule has 2 aromatic heterocycles. The zero-order valence-electron chi connectivity index (χ0n) is 18.1. The lowest BCUT2D eigenvalue weighted by Crippen LogP contribution is -2.34. The van der Waals surface area contributed by atoms with Gasteiger partial charge in [0.05, 0.1) is 11.4 Å². The van der Waals surface area contributed by atoms with Gasteiger partial charge in [0.15, 0.2) is 0 Å². The number of likely N-dealkylation sites (tertiary alicyclic amines) is 1. The SMILES string of the molecule is O=c1cc([C@@H]2CCCN(Cc3ccc(N4CCCC4)c(F)c3)C2)nc(-c2cccnc2)[nH]1. The number of halogens is 1. The highest BCUT2D eigenvalue weighted by Crippen LogP contribution is 2.29. The number of nitrogens with zero attached hydrogens (tertiary/aromatic N) is 4. The normalized spacial score (nSPS) is 19.4. The summed E-state index contributed by atoms with van der Waals surface area (Å²) >= 11 is 0. The van der Waals surface area contributed by atoms with Gasteiger partial charge in [0.1, 0.15) is 11.6 Å². The van der Waals surface area contributed by atoms with Gasteiger partial charge in [-0.15, -0.1) is 0 Å². The fourth-order valence-corrected chi connectivity index (χ4v) is 4.89. The summed E-state index contributed by atoms with van der Waals surface area (Å²) in [6.07, 6.45) is 7.68. The van der Waals surface area contributed by atoms with Crippen LogP contribution in [0.25, 0.3) is 11.4 Å². The number of rotatable bonds is 5. The molecular formula is C25H28FN5O. The number of piperidine rings is 1. The Kier molecular flexibility index (Phi) is 5.99. The number of nitrogens with one attached hydrogen (secondary N) is 1. The van der Waals surface area contributed by atoms with Crippen molar-refractivity contribution in [2.45, 2.75) is 38.1 Å². The van der Waals surface area contributed by atoms with E-state index in [1.807, 2.05) is 24.3 Å². The molecule has 0 unspecified atom stereocenters. The summed E-state index contributed by atoms with van der Waals surface area (Å²) in [6, 6.07) is 11.0. The fraction of sp³-hybridized carbons (Fsp3) is 0.400. The standard InChI is InChI=1S/C25H28FN5O/c26-21-13-18(7-8-23(21)31-11-1-2-12-31)16-30-10-4-6-20(17-30)22-14-24(32)29-25(28-22)19-5-3-9-27-15-19/h3,5,7-9,13-15,20H,1-2,4,6,10-12,16-17H2,(H,28,29,32)/t20-/m1/s1. The number of pyridine rings is 1. The molecule has 32 heavy (non-hydrogen) atoms. The Morgan fingerprint density at radius 3 is 2.75 bits per heavy atom. The first-order valence-corrected chi connectivity index (χ1v) is 11.4. The topological polar surface area (TPSA) is 65.1 Å². The molecule has 2 aliphatic rings. The van der Waals surface area contributed by atoms with Crippen molar-refractivity contribution in [2.24, 2.45) is 0 Å². The van der Waals surface area contributed by atoms with Gasteiger partial charge in [-0.2, -0.15) is 0 Å². The summed E-state index contributed by atoms with van der Waals surface area (Å²) in [4.78, 5) is 28.5. The highest BCUT2D eigenvalue weighted by molar-refractivity contribution is 5.53. The first-order valence-electron chi connectivity index (χ1n) is 11.4. The maximum absolute atomic E-state index is 14.7. The average Bonchev–Trinajstić information content (AvgIpc) is 3.34. The van der Waals surface area contributed by atoms with E-state index in [1.165, 1.54) is 0 Å². The molecule has 1 N–H and O–H groups in total. The second-order valence-corrected chi connectivity index (χ2v) is 8.81. The van der Waals surface area contributed by atoms with Crippen molar-refractivity contribution >= 4 is 5.69 Å². The van der Waals surface area contributed by atoms with Gasteiger partial charge in [-0.3, -0.25) is 14.7 Å². The third-order valence-corrected chi connectivity index (χ3v) is 6.49. The Bertz CT molecular complexity index is 1130. The molecule has 0 amide bonds. The molecule has 0 bridgehead atoms. The van der Waals surface area contributed by atoms with Crippen LogP contribution in [0.4, 0.5) is 10.1 Å². The third-order valence-electron chi connectivity index (χ3n) is 6.49. The number of aromatic amines is 1. The van der Waals surface area contributed by atoms with Crippen LogP contribution in [0.2, 0.25) is 0 Å². The third kappa shape index (κ3) is 4.58. The molecule has 1 aromatic carbocycles. The van der Waals surface area contributed by atoms with Crippen LogP contribution < -0.4 is 10.5 Å². The van der Waals surface area contributed by atoms with Gasteiger partial charge in [-0.05, 0) is 62.1 Å². The zero-order chi connectivity index (χ0) is 21.9. The summed E-state index contributed by atoms with van der Waals surface area (Å²) in [5.74, 6) is 0.600. The zero-order valence-corrected chi connectivity index (χ0v) is 18.1. The van der Waals surface area contributed by atoms with Crippen molar-refractivity contribution in [3.63, 3.8) is 0 Å². The number of H-pyrrole nitrogens is 1. The molecule has 4 heterocycles. The van der Waals surface area contributed by atoms with E-state index in [1.54, 1.807) is 24.5 Å². The van der Waals surface area contributed by atoms with Crippen LogP contribution in [0.1, 0.15) is 42.9 Å². The molecule has 0 aliphatic carbocycles. The minimum absolute atomic E-state index is 0.129. The molecule has 6 nitrogen and oxygen atoms in total. The van der Waals surface area contributed by atoms with Crippen molar-refractivity contribution in [3.05, 3.63) is 76.2 Å². The number of anilines is 1. The first-order chi connectivity index (χ1) is 15.7. The summed E-state index contributed by atoms with van der Waals surface area (Å²) in [5.41, 5.74) is 3.17.